The van der Waals surface area contributed by atoms with Crippen LogP contribution < -0.4 is 20.9 Å². The molecule has 0 atom stereocenters. The van der Waals surface area contributed by atoms with Gasteiger partial charge in [0.2, 0.25) is 5.91 Å². The number of carbonyl (C=O) groups is 1. The molecule has 4 aromatic rings. The van der Waals surface area contributed by atoms with Crippen LogP contribution in [0, 0.1) is 6.92 Å². The van der Waals surface area contributed by atoms with Crippen molar-refractivity contribution in [2.45, 2.75) is 19.6 Å². The molecule has 1 amide bonds. The molecule has 0 aliphatic carbocycles. The number of aromatic nitrogens is 3. The number of aromatic amines is 1. The first-order valence-electron chi connectivity index (χ1n) is 9.97. The van der Waals surface area contributed by atoms with Gasteiger partial charge in [0, 0.05) is 25.2 Å². The molecule has 0 aliphatic heterocycles. The van der Waals surface area contributed by atoms with Crippen molar-refractivity contribution < 1.29 is 22.7 Å². The summed E-state index contributed by atoms with van der Waals surface area (Å²) in [5.41, 5.74) is 1.84. The van der Waals surface area contributed by atoms with Gasteiger partial charge in [-0.3, -0.25) is 14.0 Å². The van der Waals surface area contributed by atoms with E-state index in [2.05, 4.69) is 15.3 Å². The van der Waals surface area contributed by atoms with Crippen molar-refractivity contribution in [2.75, 3.05) is 19.0 Å². The average molecular weight is 459 g/mol. The number of rotatable bonds is 6. The molecule has 172 valence electrons. The van der Waals surface area contributed by atoms with E-state index in [1.54, 1.807) is 40.9 Å². The summed E-state index contributed by atoms with van der Waals surface area (Å²) < 4.78 is 43.8. The van der Waals surface area contributed by atoms with Crippen LogP contribution >= 0.6 is 0 Å². The Morgan fingerprint density at radius 1 is 1.24 bits per heavy atom. The van der Waals surface area contributed by atoms with Crippen molar-refractivity contribution in [3.63, 3.8) is 0 Å². The fourth-order valence-electron chi connectivity index (χ4n) is 3.51. The number of nitrogens with one attached hydrogen (secondary N) is 3. The molecule has 0 saturated carbocycles. The van der Waals surface area contributed by atoms with E-state index in [4.69, 9.17) is 4.74 Å². The van der Waals surface area contributed by atoms with E-state index in [1.807, 2.05) is 13.0 Å². The maximum absolute atomic E-state index is 12.9. The van der Waals surface area contributed by atoms with Crippen LogP contribution in [0.3, 0.4) is 0 Å². The van der Waals surface area contributed by atoms with Crippen molar-refractivity contribution in [1.82, 2.24) is 19.7 Å². The van der Waals surface area contributed by atoms with Crippen LogP contribution in [0.1, 0.15) is 12.0 Å². The lowest BCUT2D eigenvalue weighted by Gasteiger charge is -2.10. The molecule has 3 N–H and O–H groups in total. The van der Waals surface area contributed by atoms with E-state index < -0.39 is 30.7 Å². The smallest absolute Gasteiger partial charge is 0.457 e. The number of imidazole rings is 1. The lowest BCUT2D eigenvalue weighted by atomic mass is 10.1. The third kappa shape index (κ3) is 4.67. The summed E-state index contributed by atoms with van der Waals surface area (Å²) in [4.78, 5) is 32.7. The lowest BCUT2D eigenvalue weighted by molar-refractivity contribution is -0.156. The van der Waals surface area contributed by atoms with Gasteiger partial charge in [-0.1, -0.05) is 6.07 Å². The van der Waals surface area contributed by atoms with Crippen LogP contribution in [0.15, 0.2) is 47.4 Å². The number of nitrogens with zero attached hydrogens (tertiary/aromatic N) is 2. The van der Waals surface area contributed by atoms with Gasteiger partial charge in [-0.15, -0.1) is 0 Å². The van der Waals surface area contributed by atoms with E-state index >= 15 is 0 Å². The van der Waals surface area contributed by atoms with E-state index in [-0.39, 0.29) is 17.1 Å². The highest BCUT2D eigenvalue weighted by molar-refractivity contribution is 5.96. The molecule has 1 aromatic carbocycles. The summed E-state index contributed by atoms with van der Waals surface area (Å²) >= 11 is 0. The number of carbonyl (C=O) groups excluding carboxylic acids is 1. The summed E-state index contributed by atoms with van der Waals surface area (Å²) in [6, 6.07) is 10.4. The zero-order chi connectivity index (χ0) is 23.8. The Balaban J connectivity index is 1.78. The van der Waals surface area contributed by atoms with Crippen molar-refractivity contribution in [2.24, 2.45) is 0 Å². The van der Waals surface area contributed by atoms with Gasteiger partial charge in [0.1, 0.15) is 22.9 Å². The SMILES string of the molecule is COc1ccc2cc(-c3nc4c(C)cccn4c3NC(=O)CCNC(F)(F)F)c(=O)[nH]c2c1. The summed E-state index contributed by atoms with van der Waals surface area (Å²) in [6.45, 7) is 1.24. The number of benzene rings is 1. The van der Waals surface area contributed by atoms with Crippen LogP contribution in [-0.4, -0.2) is 40.2 Å². The predicted molar refractivity (Wildman–Crippen MR) is 117 cm³/mol. The Bertz CT molecular complexity index is 1410. The molecule has 11 heteroatoms. The van der Waals surface area contributed by atoms with Crippen molar-refractivity contribution >= 4 is 28.3 Å². The largest absolute Gasteiger partial charge is 0.497 e. The molecule has 0 radical (unpaired) electrons. The quantitative estimate of drug-likeness (QED) is 0.383. The Morgan fingerprint density at radius 2 is 2.03 bits per heavy atom. The van der Waals surface area contributed by atoms with Gasteiger partial charge < -0.3 is 15.0 Å². The van der Waals surface area contributed by atoms with Gasteiger partial charge in [0.15, 0.2) is 0 Å². The highest BCUT2D eigenvalue weighted by Gasteiger charge is 2.26. The molecule has 0 fully saturated rings. The summed E-state index contributed by atoms with van der Waals surface area (Å²) in [7, 11) is 1.52. The number of alkyl halides is 3. The van der Waals surface area contributed by atoms with Crippen LogP contribution in [0.25, 0.3) is 27.8 Å². The first-order chi connectivity index (χ1) is 15.7. The number of halogens is 3. The number of pyridine rings is 2. The predicted octanol–water partition coefficient (Wildman–Crippen LogP) is 3.60. The zero-order valence-corrected chi connectivity index (χ0v) is 17.7. The molecule has 0 spiro atoms. The number of aryl methyl sites for hydroxylation is 1. The minimum atomic E-state index is -4.58. The monoisotopic (exact) mass is 459 g/mol. The van der Waals surface area contributed by atoms with E-state index in [9.17, 15) is 22.8 Å². The maximum atomic E-state index is 12.9. The number of fused-ring (bicyclic) bond motifs is 2. The van der Waals surface area contributed by atoms with Crippen LogP contribution in [0.2, 0.25) is 0 Å². The molecule has 3 aromatic heterocycles. The standard InChI is InChI=1S/C22H20F3N5O3/c1-12-4-3-9-30-19(12)29-18(20(30)28-17(31)7-8-26-22(23,24)25)15-10-13-5-6-14(33-2)11-16(13)27-21(15)32/h3-6,9-11,26H,7-8H2,1-2H3,(H,27,32)(H,28,31). The van der Waals surface area contributed by atoms with Crippen LogP contribution in [-0.2, 0) is 4.79 Å². The molecule has 33 heavy (non-hydrogen) atoms. The number of amides is 1. The minimum absolute atomic E-state index is 0.198. The average Bonchev–Trinajstić information content (AvgIpc) is 3.11. The van der Waals surface area contributed by atoms with E-state index in [0.717, 1.165) is 5.56 Å². The van der Waals surface area contributed by atoms with Crippen LogP contribution in [0.4, 0.5) is 19.0 Å². The molecule has 0 unspecified atom stereocenters. The fourth-order valence-corrected chi connectivity index (χ4v) is 3.51. The van der Waals surface area contributed by atoms with E-state index in [1.165, 1.54) is 12.4 Å². The third-order valence-electron chi connectivity index (χ3n) is 5.09. The summed E-state index contributed by atoms with van der Waals surface area (Å²) in [5.74, 6) is 0.122. The first-order valence-corrected chi connectivity index (χ1v) is 9.97. The number of hydrogen-bond donors (Lipinski definition) is 3. The normalized spacial score (nSPS) is 11.8. The Kier molecular flexibility index (Phi) is 5.81. The molecule has 0 saturated heterocycles. The lowest BCUT2D eigenvalue weighted by Crippen LogP contribution is -2.34. The number of ether oxygens (including phenoxy) is 1. The minimum Gasteiger partial charge on any atom is -0.497 e. The molecular weight excluding hydrogens is 439 g/mol. The molecular formula is C22H20F3N5O3. The summed E-state index contributed by atoms with van der Waals surface area (Å²) in [6.07, 6.45) is -3.35. The van der Waals surface area contributed by atoms with Gasteiger partial charge in [0.25, 0.3) is 5.56 Å². The Hall–Kier alpha value is -3.86. The number of methoxy groups -OCH3 is 1. The van der Waals surface area contributed by atoms with Crippen molar-refractivity contribution in [3.8, 4) is 17.0 Å². The Morgan fingerprint density at radius 3 is 2.76 bits per heavy atom. The number of hydrogen-bond acceptors (Lipinski definition) is 5. The third-order valence-corrected chi connectivity index (χ3v) is 5.09. The molecule has 0 aliphatic rings. The first kappa shape index (κ1) is 22.3. The second-order valence-corrected chi connectivity index (χ2v) is 7.38. The summed E-state index contributed by atoms with van der Waals surface area (Å²) in [5, 5.41) is 4.65. The molecule has 4 rings (SSSR count). The fraction of sp³-hybridized carbons (Fsp3) is 0.227. The number of anilines is 1. The van der Waals surface area contributed by atoms with Gasteiger partial charge in [0.05, 0.1) is 18.2 Å². The zero-order valence-electron chi connectivity index (χ0n) is 17.7. The number of H-pyrrole nitrogens is 1. The van der Waals surface area contributed by atoms with E-state index in [0.29, 0.717) is 22.3 Å². The second-order valence-electron chi connectivity index (χ2n) is 7.38. The highest BCUT2D eigenvalue weighted by Crippen LogP contribution is 2.30. The topological polar surface area (TPSA) is 101 Å². The van der Waals surface area contributed by atoms with Gasteiger partial charge in [-0.2, -0.15) is 13.2 Å². The molecule has 3 heterocycles. The molecule has 8 nitrogen and oxygen atoms in total. The molecule has 0 bridgehead atoms. The second kappa shape index (κ2) is 8.58. The highest BCUT2D eigenvalue weighted by atomic mass is 19.4. The van der Waals surface area contributed by atoms with Crippen molar-refractivity contribution in [3.05, 3.63) is 58.5 Å². The van der Waals surface area contributed by atoms with Gasteiger partial charge in [-0.25, -0.2) is 10.3 Å². The van der Waals surface area contributed by atoms with Gasteiger partial charge in [-0.05, 0) is 42.1 Å². The van der Waals surface area contributed by atoms with Crippen LogP contribution in [0.5, 0.6) is 5.75 Å². The Labute approximate surface area is 185 Å². The maximum Gasteiger partial charge on any atom is 0.457 e. The van der Waals surface area contributed by atoms with Gasteiger partial charge >= 0.3 is 6.30 Å². The van der Waals surface area contributed by atoms with Crippen molar-refractivity contribution in [1.29, 1.82) is 0 Å².